The fourth-order valence-electron chi connectivity index (χ4n) is 1.67. The molecule has 0 fully saturated rings. The highest BCUT2D eigenvalue weighted by Crippen LogP contribution is 2.16. The molecule has 0 amide bonds. The van der Waals surface area contributed by atoms with Crippen LogP contribution in [0.5, 0.6) is 0 Å². The van der Waals surface area contributed by atoms with E-state index in [1.165, 1.54) is 36.0 Å². The van der Waals surface area contributed by atoms with Crippen molar-refractivity contribution in [2.45, 2.75) is 39.7 Å². The van der Waals surface area contributed by atoms with E-state index < -0.39 is 0 Å². The SMILES string of the molecule is C=NCc1cccc(CCCC)c1C. The first-order chi connectivity index (χ1) is 6.79. The first kappa shape index (κ1) is 11.0. The summed E-state index contributed by atoms with van der Waals surface area (Å²) in [5.74, 6) is 0. The first-order valence-electron chi connectivity index (χ1n) is 5.29. The van der Waals surface area contributed by atoms with Crippen LogP contribution in [0.3, 0.4) is 0 Å². The van der Waals surface area contributed by atoms with E-state index >= 15 is 0 Å². The Morgan fingerprint density at radius 3 is 2.64 bits per heavy atom. The smallest absolute Gasteiger partial charge is 0.0635 e. The van der Waals surface area contributed by atoms with Gasteiger partial charge >= 0.3 is 0 Å². The van der Waals surface area contributed by atoms with Crippen molar-refractivity contribution in [3.8, 4) is 0 Å². The molecular formula is C13H19N. The Labute approximate surface area is 86.9 Å². The summed E-state index contributed by atoms with van der Waals surface area (Å²) >= 11 is 0. The summed E-state index contributed by atoms with van der Waals surface area (Å²) in [5.41, 5.74) is 4.18. The van der Waals surface area contributed by atoms with Crippen LogP contribution >= 0.6 is 0 Å². The van der Waals surface area contributed by atoms with Gasteiger partial charge in [-0.25, -0.2) is 0 Å². The van der Waals surface area contributed by atoms with Gasteiger partial charge in [-0.1, -0.05) is 31.5 Å². The maximum absolute atomic E-state index is 3.94. The second kappa shape index (κ2) is 5.58. The van der Waals surface area contributed by atoms with Gasteiger partial charge in [-0.3, -0.25) is 4.99 Å². The quantitative estimate of drug-likeness (QED) is 0.628. The molecule has 0 spiro atoms. The molecule has 76 valence electrons. The van der Waals surface area contributed by atoms with E-state index in [0.717, 1.165) is 6.54 Å². The van der Waals surface area contributed by atoms with Crippen LogP contribution in [0.2, 0.25) is 0 Å². The molecule has 0 unspecified atom stereocenters. The topological polar surface area (TPSA) is 12.4 Å². The summed E-state index contributed by atoms with van der Waals surface area (Å²) in [6.07, 6.45) is 3.71. The van der Waals surface area contributed by atoms with Crippen molar-refractivity contribution >= 4 is 6.72 Å². The number of hydrogen-bond acceptors (Lipinski definition) is 1. The van der Waals surface area contributed by atoms with Gasteiger partial charge in [-0.15, -0.1) is 0 Å². The zero-order valence-corrected chi connectivity index (χ0v) is 9.21. The first-order valence-corrected chi connectivity index (χ1v) is 5.29. The molecule has 0 aliphatic carbocycles. The summed E-state index contributed by atoms with van der Waals surface area (Å²) in [7, 11) is 0. The Morgan fingerprint density at radius 2 is 2.00 bits per heavy atom. The Balaban J connectivity index is 2.83. The molecule has 0 radical (unpaired) electrons. The second-order valence-electron chi connectivity index (χ2n) is 3.69. The summed E-state index contributed by atoms with van der Waals surface area (Å²) in [4.78, 5) is 3.94. The lowest BCUT2D eigenvalue weighted by atomic mass is 9.98. The third kappa shape index (κ3) is 2.69. The van der Waals surface area contributed by atoms with Crippen molar-refractivity contribution < 1.29 is 0 Å². The van der Waals surface area contributed by atoms with Gasteiger partial charge in [0.15, 0.2) is 0 Å². The second-order valence-corrected chi connectivity index (χ2v) is 3.69. The van der Waals surface area contributed by atoms with Crippen LogP contribution in [0.15, 0.2) is 23.2 Å². The number of aliphatic imine (C=N–C) groups is 1. The van der Waals surface area contributed by atoms with Crippen molar-refractivity contribution in [2.24, 2.45) is 4.99 Å². The van der Waals surface area contributed by atoms with E-state index in [4.69, 9.17) is 0 Å². The van der Waals surface area contributed by atoms with Crippen LogP contribution in [0.1, 0.15) is 36.5 Å². The van der Waals surface area contributed by atoms with E-state index in [2.05, 4.69) is 43.8 Å². The molecule has 1 heteroatoms. The molecule has 0 atom stereocenters. The largest absolute Gasteiger partial charge is 0.296 e. The van der Waals surface area contributed by atoms with E-state index in [1.54, 1.807) is 0 Å². The average Bonchev–Trinajstić information content (AvgIpc) is 2.20. The monoisotopic (exact) mass is 189 g/mol. The molecule has 0 aliphatic rings. The normalized spacial score (nSPS) is 10.1. The average molecular weight is 189 g/mol. The van der Waals surface area contributed by atoms with Crippen molar-refractivity contribution in [1.29, 1.82) is 0 Å². The van der Waals surface area contributed by atoms with Crippen LogP contribution in [-0.4, -0.2) is 6.72 Å². The van der Waals surface area contributed by atoms with E-state index in [9.17, 15) is 0 Å². The zero-order chi connectivity index (χ0) is 10.4. The fourth-order valence-corrected chi connectivity index (χ4v) is 1.67. The highest BCUT2D eigenvalue weighted by Gasteiger charge is 2.02. The number of hydrogen-bond donors (Lipinski definition) is 0. The van der Waals surface area contributed by atoms with E-state index in [1.807, 2.05) is 0 Å². The third-order valence-corrected chi connectivity index (χ3v) is 2.64. The predicted molar refractivity (Wildman–Crippen MR) is 63.0 cm³/mol. The number of nitrogens with zero attached hydrogens (tertiary/aromatic N) is 1. The van der Waals surface area contributed by atoms with E-state index in [0.29, 0.717) is 0 Å². The number of rotatable bonds is 5. The summed E-state index contributed by atoms with van der Waals surface area (Å²) in [5, 5.41) is 0. The maximum Gasteiger partial charge on any atom is 0.0635 e. The van der Waals surface area contributed by atoms with Gasteiger partial charge in [0.25, 0.3) is 0 Å². The standard InChI is InChI=1S/C13H19N/c1-4-5-7-12-8-6-9-13(10-14-3)11(12)2/h6,8-9H,3-5,7,10H2,1-2H3. The summed E-state index contributed by atoms with van der Waals surface area (Å²) in [6, 6.07) is 6.48. The van der Waals surface area contributed by atoms with Crippen molar-refractivity contribution in [1.82, 2.24) is 0 Å². The van der Waals surface area contributed by atoms with Crippen molar-refractivity contribution in [3.05, 3.63) is 34.9 Å². The molecule has 14 heavy (non-hydrogen) atoms. The van der Waals surface area contributed by atoms with Crippen molar-refractivity contribution in [2.75, 3.05) is 0 Å². The fraction of sp³-hybridized carbons (Fsp3) is 0.462. The summed E-state index contributed by atoms with van der Waals surface area (Å²) in [6.45, 7) is 8.69. The van der Waals surface area contributed by atoms with E-state index in [-0.39, 0.29) is 0 Å². The molecule has 0 aliphatic heterocycles. The molecule has 1 aromatic rings. The lowest BCUT2D eigenvalue weighted by Gasteiger charge is -2.09. The minimum Gasteiger partial charge on any atom is -0.296 e. The summed E-state index contributed by atoms with van der Waals surface area (Å²) < 4.78 is 0. The molecule has 0 saturated heterocycles. The van der Waals surface area contributed by atoms with Crippen LogP contribution in [0.25, 0.3) is 0 Å². The molecule has 0 aromatic heterocycles. The lowest BCUT2D eigenvalue weighted by Crippen LogP contribution is -1.94. The van der Waals surface area contributed by atoms with Gasteiger partial charge < -0.3 is 0 Å². The minimum atomic E-state index is 0.742. The lowest BCUT2D eigenvalue weighted by molar-refractivity contribution is 0.789. The Kier molecular flexibility index (Phi) is 4.37. The molecule has 0 heterocycles. The van der Waals surface area contributed by atoms with Gasteiger partial charge in [0.05, 0.1) is 6.54 Å². The number of unbranched alkanes of at least 4 members (excludes halogenated alkanes) is 1. The van der Waals surface area contributed by atoms with Crippen LogP contribution in [0.4, 0.5) is 0 Å². The molecule has 0 bridgehead atoms. The van der Waals surface area contributed by atoms with Crippen LogP contribution in [0, 0.1) is 6.92 Å². The Hall–Kier alpha value is -1.11. The molecule has 0 N–H and O–H groups in total. The molecule has 1 nitrogen and oxygen atoms in total. The molecule has 1 rings (SSSR count). The highest BCUT2D eigenvalue weighted by atomic mass is 14.7. The van der Waals surface area contributed by atoms with Gasteiger partial charge in [-0.05, 0) is 43.2 Å². The Morgan fingerprint density at radius 1 is 1.29 bits per heavy atom. The number of aryl methyl sites for hydroxylation is 1. The predicted octanol–water partition coefficient (Wildman–Crippen LogP) is 3.54. The third-order valence-electron chi connectivity index (χ3n) is 2.64. The van der Waals surface area contributed by atoms with Crippen LogP contribution < -0.4 is 0 Å². The maximum atomic E-state index is 3.94. The van der Waals surface area contributed by atoms with Gasteiger partial charge in [-0.2, -0.15) is 0 Å². The van der Waals surface area contributed by atoms with Crippen LogP contribution in [-0.2, 0) is 13.0 Å². The number of benzene rings is 1. The molecule has 1 aromatic carbocycles. The zero-order valence-electron chi connectivity index (χ0n) is 9.21. The molecule has 0 saturated carbocycles. The van der Waals surface area contributed by atoms with Gasteiger partial charge in [0.2, 0.25) is 0 Å². The highest BCUT2D eigenvalue weighted by molar-refractivity contribution is 5.35. The van der Waals surface area contributed by atoms with Gasteiger partial charge in [0.1, 0.15) is 0 Å². The van der Waals surface area contributed by atoms with Gasteiger partial charge in [0, 0.05) is 0 Å². The van der Waals surface area contributed by atoms with Crippen molar-refractivity contribution in [3.63, 3.8) is 0 Å². The molecular weight excluding hydrogens is 170 g/mol. The Bertz CT molecular complexity index is 302. The minimum absolute atomic E-state index is 0.742.